The molecule has 0 fully saturated rings. The van der Waals surface area contributed by atoms with Crippen molar-refractivity contribution >= 4 is 15.7 Å². The molecule has 9 nitrogen and oxygen atoms in total. The summed E-state index contributed by atoms with van der Waals surface area (Å²) in [5, 5.41) is 13.5. The van der Waals surface area contributed by atoms with Crippen LogP contribution in [-0.4, -0.2) is 39.9 Å². The summed E-state index contributed by atoms with van der Waals surface area (Å²) in [4.78, 5) is 16.2. The van der Waals surface area contributed by atoms with Crippen molar-refractivity contribution in [3.63, 3.8) is 0 Å². The van der Waals surface area contributed by atoms with Crippen LogP contribution in [0.15, 0.2) is 60.0 Å². The first-order valence-electron chi connectivity index (χ1n) is 10.1. The Balaban J connectivity index is 1.96. The van der Waals surface area contributed by atoms with Crippen LogP contribution >= 0.6 is 0 Å². The molecule has 0 unspecified atom stereocenters. The molecule has 0 aliphatic carbocycles. The van der Waals surface area contributed by atoms with Gasteiger partial charge in [0.05, 0.1) is 40.0 Å². The normalized spacial score (nSPS) is 11.4. The molecular weight excluding hydrogens is 459 g/mol. The summed E-state index contributed by atoms with van der Waals surface area (Å²) in [5.74, 6) is -1.50. The summed E-state index contributed by atoms with van der Waals surface area (Å²) in [7, 11) is -3.65. The summed E-state index contributed by atoms with van der Waals surface area (Å²) >= 11 is 0. The van der Waals surface area contributed by atoms with E-state index < -0.39 is 21.6 Å². The molecule has 2 N–H and O–H groups in total. The average molecular weight is 479 g/mol. The zero-order valence-electron chi connectivity index (χ0n) is 18.2. The Hall–Kier alpha value is -4.30. The second-order valence-electron chi connectivity index (χ2n) is 7.48. The van der Waals surface area contributed by atoms with Crippen molar-refractivity contribution in [2.75, 3.05) is 6.26 Å². The van der Waals surface area contributed by atoms with E-state index in [0.717, 1.165) is 12.3 Å². The van der Waals surface area contributed by atoms with E-state index in [-0.39, 0.29) is 27.7 Å². The molecular formula is C23H19FN6O3S. The minimum Gasteiger partial charge on any atom is -0.365 e. The summed E-state index contributed by atoms with van der Waals surface area (Å²) in [6.07, 6.45) is 4.09. The van der Waals surface area contributed by atoms with Crippen LogP contribution in [0.3, 0.4) is 0 Å². The lowest BCUT2D eigenvalue weighted by Gasteiger charge is -2.12. The molecule has 0 saturated carbocycles. The van der Waals surface area contributed by atoms with Crippen LogP contribution < -0.4 is 5.73 Å². The topological polar surface area (TPSA) is 137 Å². The maximum absolute atomic E-state index is 15.5. The standard InChI is InChI=1S/C23H19FN6O3S/c1-3-19-20(22(26)31)21(30(28-19)16-6-4-5-14(11-16)13-25)17-8-7-15(12-18(17)24)29-10-9-27-23(29)34(2,32)33/h4-12H,3H2,1-2H3,(H2,26,31). The number of carbonyl (C=O) groups excluding carboxylic acids is 1. The van der Waals surface area contributed by atoms with Gasteiger partial charge in [0.2, 0.25) is 15.0 Å². The number of amides is 1. The van der Waals surface area contributed by atoms with E-state index >= 15 is 4.39 Å². The Labute approximate surface area is 194 Å². The molecule has 4 rings (SSSR count). The highest BCUT2D eigenvalue weighted by molar-refractivity contribution is 7.90. The first kappa shape index (κ1) is 22.9. The molecule has 0 bridgehead atoms. The van der Waals surface area contributed by atoms with E-state index in [1.54, 1.807) is 31.2 Å². The predicted octanol–water partition coefficient (Wildman–Crippen LogP) is 2.80. The van der Waals surface area contributed by atoms with Gasteiger partial charge in [-0.1, -0.05) is 13.0 Å². The number of imidazole rings is 1. The van der Waals surface area contributed by atoms with Crippen LogP contribution in [0, 0.1) is 17.1 Å². The summed E-state index contributed by atoms with van der Waals surface area (Å²) < 4.78 is 42.2. The van der Waals surface area contributed by atoms with Crippen molar-refractivity contribution in [3.05, 3.63) is 77.5 Å². The molecule has 0 aliphatic rings. The van der Waals surface area contributed by atoms with Crippen LogP contribution in [0.25, 0.3) is 22.6 Å². The fourth-order valence-electron chi connectivity index (χ4n) is 3.72. The first-order valence-corrected chi connectivity index (χ1v) is 12.0. The number of primary amides is 1. The van der Waals surface area contributed by atoms with Crippen LogP contribution in [0.2, 0.25) is 0 Å². The zero-order valence-corrected chi connectivity index (χ0v) is 19.0. The average Bonchev–Trinajstić information content (AvgIpc) is 3.44. The number of halogens is 1. The van der Waals surface area contributed by atoms with Crippen LogP contribution in [0.5, 0.6) is 0 Å². The van der Waals surface area contributed by atoms with Crippen molar-refractivity contribution in [2.24, 2.45) is 5.73 Å². The molecule has 34 heavy (non-hydrogen) atoms. The predicted molar refractivity (Wildman–Crippen MR) is 122 cm³/mol. The van der Waals surface area contributed by atoms with Gasteiger partial charge < -0.3 is 5.73 Å². The van der Waals surface area contributed by atoms with Gasteiger partial charge in [-0.3, -0.25) is 9.36 Å². The lowest BCUT2D eigenvalue weighted by molar-refractivity contribution is 0.1000. The number of carbonyl (C=O) groups is 1. The zero-order chi connectivity index (χ0) is 24.6. The summed E-state index contributed by atoms with van der Waals surface area (Å²) in [6, 6.07) is 12.6. The van der Waals surface area contributed by atoms with Crippen molar-refractivity contribution < 1.29 is 17.6 Å². The number of nitrogens with two attached hydrogens (primary N) is 1. The molecule has 2 aromatic carbocycles. The smallest absolute Gasteiger partial charge is 0.252 e. The number of hydrogen-bond acceptors (Lipinski definition) is 6. The molecule has 172 valence electrons. The number of nitrogens with zero attached hydrogens (tertiary/aromatic N) is 5. The van der Waals surface area contributed by atoms with E-state index in [4.69, 9.17) is 5.73 Å². The van der Waals surface area contributed by atoms with E-state index in [0.29, 0.717) is 23.4 Å². The van der Waals surface area contributed by atoms with Crippen molar-refractivity contribution in [2.45, 2.75) is 18.5 Å². The number of aryl methyl sites for hydroxylation is 1. The highest BCUT2D eigenvalue weighted by atomic mass is 32.2. The minimum atomic E-state index is -3.65. The quantitative estimate of drug-likeness (QED) is 0.452. The van der Waals surface area contributed by atoms with Crippen LogP contribution in [-0.2, 0) is 16.3 Å². The van der Waals surface area contributed by atoms with Gasteiger partial charge in [-0.25, -0.2) is 22.5 Å². The number of aromatic nitrogens is 4. The number of rotatable bonds is 6. The molecule has 4 aromatic rings. The largest absolute Gasteiger partial charge is 0.365 e. The van der Waals surface area contributed by atoms with Gasteiger partial charge in [-0.05, 0) is 42.8 Å². The molecule has 0 atom stereocenters. The second-order valence-corrected chi connectivity index (χ2v) is 9.39. The van der Waals surface area contributed by atoms with Gasteiger partial charge in [0.15, 0.2) is 0 Å². The number of nitriles is 1. The van der Waals surface area contributed by atoms with Crippen molar-refractivity contribution in [3.8, 4) is 28.7 Å². The number of benzene rings is 2. The third kappa shape index (κ3) is 3.95. The molecule has 2 heterocycles. The van der Waals surface area contributed by atoms with Gasteiger partial charge in [0.25, 0.3) is 5.91 Å². The fraction of sp³-hybridized carbons (Fsp3) is 0.130. The van der Waals surface area contributed by atoms with E-state index in [2.05, 4.69) is 10.1 Å². The maximum atomic E-state index is 15.5. The monoisotopic (exact) mass is 478 g/mol. The highest BCUT2D eigenvalue weighted by Gasteiger charge is 2.26. The minimum absolute atomic E-state index is 0.0353. The lowest BCUT2D eigenvalue weighted by Crippen LogP contribution is -2.14. The van der Waals surface area contributed by atoms with Gasteiger partial charge in [-0.15, -0.1) is 0 Å². The van der Waals surface area contributed by atoms with Gasteiger partial charge in [0.1, 0.15) is 5.82 Å². The van der Waals surface area contributed by atoms with Crippen LogP contribution in [0.4, 0.5) is 4.39 Å². The lowest BCUT2D eigenvalue weighted by atomic mass is 10.0. The third-order valence-corrected chi connectivity index (χ3v) is 6.15. The molecule has 2 aromatic heterocycles. The van der Waals surface area contributed by atoms with Gasteiger partial charge in [0, 0.05) is 24.2 Å². The SMILES string of the molecule is CCc1nn(-c2cccc(C#N)c2)c(-c2ccc(-n3ccnc3S(C)(=O)=O)cc2F)c1C(N)=O. The molecule has 0 spiro atoms. The Morgan fingerprint density at radius 2 is 1.97 bits per heavy atom. The highest BCUT2D eigenvalue weighted by Crippen LogP contribution is 2.33. The summed E-state index contributed by atoms with van der Waals surface area (Å²) in [6.45, 7) is 1.79. The van der Waals surface area contributed by atoms with Crippen LogP contribution in [0.1, 0.15) is 28.5 Å². The molecule has 0 aliphatic heterocycles. The third-order valence-electron chi connectivity index (χ3n) is 5.18. The molecule has 11 heteroatoms. The van der Waals surface area contributed by atoms with Gasteiger partial charge in [-0.2, -0.15) is 10.4 Å². The molecule has 0 saturated heterocycles. The Bertz CT molecular complexity index is 1580. The molecule has 1 amide bonds. The van der Waals surface area contributed by atoms with Crippen molar-refractivity contribution in [1.82, 2.24) is 19.3 Å². The number of sulfone groups is 1. The fourth-order valence-corrected chi connectivity index (χ4v) is 4.49. The van der Waals surface area contributed by atoms with E-state index in [9.17, 15) is 18.5 Å². The molecule has 0 radical (unpaired) electrons. The Morgan fingerprint density at radius 3 is 2.59 bits per heavy atom. The second kappa shape index (κ2) is 8.57. The Morgan fingerprint density at radius 1 is 1.21 bits per heavy atom. The first-order chi connectivity index (χ1) is 16.2. The van der Waals surface area contributed by atoms with E-state index in [1.807, 2.05) is 6.07 Å². The van der Waals surface area contributed by atoms with Gasteiger partial charge >= 0.3 is 0 Å². The maximum Gasteiger partial charge on any atom is 0.252 e. The summed E-state index contributed by atoms with van der Waals surface area (Å²) in [5.41, 5.74) is 7.31. The number of hydrogen-bond donors (Lipinski definition) is 1. The van der Waals surface area contributed by atoms with Crippen molar-refractivity contribution in [1.29, 1.82) is 5.26 Å². The van der Waals surface area contributed by atoms with E-state index in [1.165, 1.54) is 33.8 Å². The Kier molecular flexibility index (Phi) is 5.76.